The molecule has 7 heteroatoms. The summed E-state index contributed by atoms with van der Waals surface area (Å²) < 4.78 is 13.7. The molecule has 142 valence electrons. The molecule has 3 aromatic rings. The van der Waals surface area contributed by atoms with Gasteiger partial charge >= 0.3 is 5.69 Å². The smallest absolute Gasteiger partial charge is 0.329 e. The van der Waals surface area contributed by atoms with Crippen LogP contribution in [0.4, 0.5) is 5.69 Å². The molecule has 0 atom stereocenters. The number of fused-ring (bicyclic) bond motifs is 1. The maximum atomic E-state index is 12.6. The predicted molar refractivity (Wildman–Crippen MR) is 104 cm³/mol. The van der Waals surface area contributed by atoms with Crippen molar-refractivity contribution in [2.24, 2.45) is 7.05 Å². The van der Waals surface area contributed by atoms with Crippen LogP contribution in [0.2, 0.25) is 0 Å². The zero-order valence-electron chi connectivity index (χ0n) is 15.5. The van der Waals surface area contributed by atoms with Crippen LogP contribution in [-0.4, -0.2) is 35.4 Å². The number of aryl methyl sites for hydroxylation is 1. The van der Waals surface area contributed by atoms with Gasteiger partial charge in [0.05, 0.1) is 23.3 Å². The summed E-state index contributed by atoms with van der Waals surface area (Å²) in [7, 11) is 3.34. The number of nitrogens with zero attached hydrogens (tertiary/aromatic N) is 2. The first-order chi connectivity index (χ1) is 13.1. The Kier molecular flexibility index (Phi) is 5.93. The van der Waals surface area contributed by atoms with E-state index in [-0.39, 0.29) is 18.1 Å². The van der Waals surface area contributed by atoms with Gasteiger partial charge in [-0.2, -0.15) is 0 Å². The van der Waals surface area contributed by atoms with Crippen LogP contribution in [0.25, 0.3) is 11.0 Å². The van der Waals surface area contributed by atoms with Crippen LogP contribution in [0.5, 0.6) is 5.75 Å². The molecule has 1 heterocycles. The summed E-state index contributed by atoms with van der Waals surface area (Å²) in [6, 6.07) is 14.6. The van der Waals surface area contributed by atoms with Gasteiger partial charge in [-0.15, -0.1) is 0 Å². The van der Waals surface area contributed by atoms with E-state index in [2.05, 4.69) is 5.32 Å². The summed E-state index contributed by atoms with van der Waals surface area (Å²) in [6.45, 7) is 1.03. The van der Waals surface area contributed by atoms with Gasteiger partial charge < -0.3 is 14.8 Å². The lowest BCUT2D eigenvalue weighted by atomic mass is 10.3. The number of hydrogen-bond donors (Lipinski definition) is 1. The van der Waals surface area contributed by atoms with Gasteiger partial charge in [-0.25, -0.2) is 4.79 Å². The van der Waals surface area contributed by atoms with Gasteiger partial charge in [0.25, 0.3) is 0 Å². The van der Waals surface area contributed by atoms with Gasteiger partial charge in [-0.05, 0) is 24.3 Å². The maximum Gasteiger partial charge on any atom is 0.329 e. The number of carbonyl (C=O) groups excluding carboxylic acids is 1. The Labute approximate surface area is 157 Å². The number of carbonyl (C=O) groups is 1. The zero-order chi connectivity index (χ0) is 19.2. The van der Waals surface area contributed by atoms with E-state index in [1.807, 2.05) is 36.4 Å². The molecule has 0 radical (unpaired) electrons. The third-order valence-electron chi connectivity index (χ3n) is 4.26. The Balaban J connectivity index is 1.74. The molecule has 0 spiro atoms. The lowest BCUT2D eigenvalue weighted by molar-refractivity contribution is -0.116. The first-order valence-electron chi connectivity index (χ1n) is 8.76. The second-order valence-electron chi connectivity index (χ2n) is 6.16. The summed E-state index contributed by atoms with van der Waals surface area (Å²) in [5, 5.41) is 2.84. The summed E-state index contributed by atoms with van der Waals surface area (Å²) in [6.07, 6.45) is 0.754. The average Bonchev–Trinajstić information content (AvgIpc) is 2.92. The largest absolute Gasteiger partial charge is 0.491 e. The second-order valence-corrected chi connectivity index (χ2v) is 6.16. The molecule has 0 aliphatic carbocycles. The van der Waals surface area contributed by atoms with E-state index in [1.165, 1.54) is 9.13 Å². The van der Waals surface area contributed by atoms with E-state index in [4.69, 9.17) is 9.47 Å². The molecule has 1 amide bonds. The molecule has 2 aromatic carbocycles. The van der Waals surface area contributed by atoms with Gasteiger partial charge in [0, 0.05) is 27.2 Å². The normalized spacial score (nSPS) is 10.9. The summed E-state index contributed by atoms with van der Waals surface area (Å²) in [5.74, 6) is 0.300. The highest BCUT2D eigenvalue weighted by atomic mass is 16.5. The molecule has 0 saturated heterocycles. The van der Waals surface area contributed by atoms with E-state index in [0.717, 1.165) is 17.5 Å². The zero-order valence-corrected chi connectivity index (χ0v) is 15.5. The quantitative estimate of drug-likeness (QED) is 0.619. The third kappa shape index (κ3) is 4.20. The Bertz CT molecular complexity index is 990. The standard InChI is InChI=1S/C20H23N3O4/c1-22-16-9-4-5-10-17(16)23(20(22)25)14-19(24)21-15-8-3-6-11-18(15)27-13-7-12-26-2/h3-6,8-11H,7,12-14H2,1-2H3,(H,21,24). The van der Waals surface area contributed by atoms with Gasteiger partial charge in [-0.1, -0.05) is 24.3 Å². The lowest BCUT2D eigenvalue weighted by Crippen LogP contribution is -2.28. The molecule has 3 rings (SSSR count). The van der Waals surface area contributed by atoms with Crippen molar-refractivity contribution in [3.63, 3.8) is 0 Å². The van der Waals surface area contributed by atoms with Crippen LogP contribution in [-0.2, 0) is 23.1 Å². The molecule has 7 nitrogen and oxygen atoms in total. The van der Waals surface area contributed by atoms with Gasteiger partial charge in [0.1, 0.15) is 12.3 Å². The van der Waals surface area contributed by atoms with E-state index < -0.39 is 0 Å². The van der Waals surface area contributed by atoms with Crippen molar-refractivity contribution >= 4 is 22.6 Å². The molecule has 0 bridgehead atoms. The minimum absolute atomic E-state index is 0.0712. The third-order valence-corrected chi connectivity index (χ3v) is 4.26. The highest BCUT2D eigenvalue weighted by Crippen LogP contribution is 2.24. The minimum Gasteiger partial charge on any atom is -0.491 e. The number of anilines is 1. The number of rotatable bonds is 8. The lowest BCUT2D eigenvalue weighted by Gasteiger charge is -2.12. The number of aromatic nitrogens is 2. The van der Waals surface area contributed by atoms with E-state index >= 15 is 0 Å². The summed E-state index contributed by atoms with van der Waals surface area (Å²) in [5.41, 5.74) is 1.87. The maximum absolute atomic E-state index is 12.6. The number of methoxy groups -OCH3 is 1. The van der Waals surface area contributed by atoms with Crippen LogP contribution in [0.3, 0.4) is 0 Å². The van der Waals surface area contributed by atoms with E-state index in [9.17, 15) is 9.59 Å². The number of imidazole rings is 1. The molecule has 1 aromatic heterocycles. The van der Waals surface area contributed by atoms with Crippen molar-refractivity contribution in [1.29, 1.82) is 0 Å². The van der Waals surface area contributed by atoms with Crippen LogP contribution in [0.1, 0.15) is 6.42 Å². The number of amides is 1. The fourth-order valence-corrected chi connectivity index (χ4v) is 2.93. The van der Waals surface area contributed by atoms with Crippen molar-refractivity contribution in [2.45, 2.75) is 13.0 Å². The van der Waals surface area contributed by atoms with E-state index in [0.29, 0.717) is 24.7 Å². The fourth-order valence-electron chi connectivity index (χ4n) is 2.93. The van der Waals surface area contributed by atoms with E-state index in [1.54, 1.807) is 26.3 Å². The average molecular weight is 369 g/mol. The van der Waals surface area contributed by atoms with Gasteiger partial charge in [0.2, 0.25) is 5.91 Å². The molecule has 0 aliphatic heterocycles. The molecule has 1 N–H and O–H groups in total. The summed E-state index contributed by atoms with van der Waals surface area (Å²) in [4.78, 5) is 25.0. The Morgan fingerprint density at radius 3 is 2.52 bits per heavy atom. The van der Waals surface area contributed by atoms with Crippen LogP contribution < -0.4 is 15.7 Å². The molecular weight excluding hydrogens is 346 g/mol. The number of nitrogens with one attached hydrogen (secondary N) is 1. The molecule has 0 unspecified atom stereocenters. The topological polar surface area (TPSA) is 74.5 Å². The molecule has 0 fully saturated rings. The second kappa shape index (κ2) is 8.55. The van der Waals surface area contributed by atoms with Crippen molar-refractivity contribution in [3.05, 3.63) is 59.0 Å². The fraction of sp³-hybridized carbons (Fsp3) is 0.300. The Morgan fingerprint density at radius 2 is 1.74 bits per heavy atom. The van der Waals surface area contributed by atoms with Crippen LogP contribution in [0, 0.1) is 0 Å². The number of para-hydroxylation sites is 4. The summed E-state index contributed by atoms with van der Waals surface area (Å²) >= 11 is 0. The Hall–Kier alpha value is -3.06. The molecule has 27 heavy (non-hydrogen) atoms. The first kappa shape index (κ1) is 18.7. The molecular formula is C20H23N3O4. The molecule has 0 saturated carbocycles. The van der Waals surface area contributed by atoms with Crippen molar-refractivity contribution < 1.29 is 14.3 Å². The highest BCUT2D eigenvalue weighted by Gasteiger charge is 2.14. The van der Waals surface area contributed by atoms with Crippen LogP contribution >= 0.6 is 0 Å². The predicted octanol–water partition coefficient (Wildman–Crippen LogP) is 2.39. The van der Waals surface area contributed by atoms with Crippen molar-refractivity contribution in [2.75, 3.05) is 25.6 Å². The minimum atomic E-state index is -0.290. The van der Waals surface area contributed by atoms with Gasteiger partial charge in [-0.3, -0.25) is 13.9 Å². The first-order valence-corrected chi connectivity index (χ1v) is 8.76. The van der Waals surface area contributed by atoms with Crippen molar-refractivity contribution in [1.82, 2.24) is 9.13 Å². The highest BCUT2D eigenvalue weighted by molar-refractivity contribution is 5.93. The van der Waals surface area contributed by atoms with Crippen molar-refractivity contribution in [3.8, 4) is 5.75 Å². The molecule has 0 aliphatic rings. The van der Waals surface area contributed by atoms with Gasteiger partial charge in [0.15, 0.2) is 0 Å². The number of ether oxygens (including phenoxy) is 2. The van der Waals surface area contributed by atoms with Crippen LogP contribution in [0.15, 0.2) is 53.3 Å². The Morgan fingerprint density at radius 1 is 1.04 bits per heavy atom. The number of benzene rings is 2. The monoisotopic (exact) mass is 369 g/mol. The number of hydrogen-bond acceptors (Lipinski definition) is 4. The SMILES string of the molecule is COCCCOc1ccccc1NC(=O)Cn1c(=O)n(C)c2ccccc21.